The molecule has 0 N–H and O–H groups in total. The predicted octanol–water partition coefficient (Wildman–Crippen LogP) is 1.25. The Morgan fingerprint density at radius 3 is 2.32 bits per heavy atom. The van der Waals surface area contributed by atoms with Gasteiger partial charge in [-0.15, -0.1) is 0 Å². The van der Waals surface area contributed by atoms with Crippen LogP contribution in [-0.2, 0) is 16.6 Å². The van der Waals surface area contributed by atoms with Gasteiger partial charge in [0, 0.05) is 64.6 Å². The highest BCUT2D eigenvalue weighted by molar-refractivity contribution is 7.86. The van der Waals surface area contributed by atoms with E-state index in [1.807, 2.05) is 13.8 Å². The molecule has 2 aliphatic heterocycles. The van der Waals surface area contributed by atoms with Gasteiger partial charge in [0.15, 0.2) is 0 Å². The normalized spacial score (nSPS) is 19.6. The molecular formula is C18H30N4O2S. The summed E-state index contributed by atoms with van der Waals surface area (Å²) in [7, 11) is -3.29. The van der Waals surface area contributed by atoms with E-state index in [1.165, 1.54) is 11.3 Å². The van der Waals surface area contributed by atoms with Gasteiger partial charge in [-0.3, -0.25) is 4.90 Å². The average Bonchev–Trinajstić information content (AvgIpc) is 3.04. The van der Waals surface area contributed by atoms with Crippen LogP contribution in [0, 0.1) is 0 Å². The minimum Gasteiger partial charge on any atom is -0.370 e. The summed E-state index contributed by atoms with van der Waals surface area (Å²) in [5, 5.41) is 0. The van der Waals surface area contributed by atoms with Gasteiger partial charge < -0.3 is 4.90 Å². The second-order valence-electron chi connectivity index (χ2n) is 6.70. The molecule has 1 fully saturated rings. The first-order valence-electron chi connectivity index (χ1n) is 9.36. The molecule has 6 nitrogen and oxygen atoms in total. The molecule has 25 heavy (non-hydrogen) atoms. The Balaban J connectivity index is 1.49. The second-order valence-corrected chi connectivity index (χ2v) is 8.63. The van der Waals surface area contributed by atoms with Crippen molar-refractivity contribution < 1.29 is 8.42 Å². The quantitative estimate of drug-likeness (QED) is 0.729. The van der Waals surface area contributed by atoms with Crippen molar-refractivity contribution in [1.29, 1.82) is 0 Å². The molecule has 3 rings (SSSR count). The number of fused-ring (bicyclic) bond motifs is 1. The van der Waals surface area contributed by atoms with E-state index in [1.54, 1.807) is 8.61 Å². The maximum Gasteiger partial charge on any atom is 0.282 e. The summed E-state index contributed by atoms with van der Waals surface area (Å²) in [4.78, 5) is 4.84. The molecule has 1 saturated heterocycles. The van der Waals surface area contributed by atoms with Crippen LogP contribution in [0.3, 0.4) is 0 Å². The first-order valence-corrected chi connectivity index (χ1v) is 10.8. The lowest BCUT2D eigenvalue weighted by molar-refractivity contribution is 0.185. The van der Waals surface area contributed by atoms with Gasteiger partial charge in [0.2, 0.25) is 0 Å². The standard InChI is InChI=1S/C18H30N4O2S/c1-3-21(4-2)25(23,24)22-15-12-19(13-16-22)11-14-20-10-9-17-7-5-6-8-18(17)20/h5-8H,3-4,9-16H2,1-2H3. The van der Waals surface area contributed by atoms with Crippen molar-refractivity contribution in [3.8, 4) is 0 Å². The monoisotopic (exact) mass is 366 g/mol. The topological polar surface area (TPSA) is 47.1 Å². The molecule has 2 aliphatic rings. The zero-order valence-corrected chi connectivity index (χ0v) is 16.2. The van der Waals surface area contributed by atoms with Gasteiger partial charge in [-0.1, -0.05) is 32.0 Å². The number of rotatable bonds is 7. The van der Waals surface area contributed by atoms with Crippen LogP contribution in [0.25, 0.3) is 0 Å². The molecule has 0 saturated carbocycles. The highest BCUT2D eigenvalue weighted by Crippen LogP contribution is 2.27. The summed E-state index contributed by atoms with van der Waals surface area (Å²) in [6.45, 7) is 10.8. The number of hydrogen-bond donors (Lipinski definition) is 0. The van der Waals surface area contributed by atoms with E-state index in [2.05, 4.69) is 34.1 Å². The van der Waals surface area contributed by atoms with Gasteiger partial charge in [0.05, 0.1) is 0 Å². The van der Waals surface area contributed by atoms with E-state index in [-0.39, 0.29) is 0 Å². The minimum absolute atomic E-state index is 0.535. The zero-order valence-electron chi connectivity index (χ0n) is 15.4. The number of para-hydroxylation sites is 1. The maximum atomic E-state index is 12.6. The van der Waals surface area contributed by atoms with Crippen molar-refractivity contribution in [3.63, 3.8) is 0 Å². The van der Waals surface area contributed by atoms with Gasteiger partial charge >= 0.3 is 0 Å². The first kappa shape index (κ1) is 18.6. The van der Waals surface area contributed by atoms with E-state index in [0.717, 1.165) is 39.1 Å². The van der Waals surface area contributed by atoms with Gasteiger partial charge in [-0.05, 0) is 18.1 Å². The SMILES string of the molecule is CCN(CC)S(=O)(=O)N1CCN(CCN2CCc3ccccc32)CC1. The fourth-order valence-corrected chi connectivity index (χ4v) is 5.40. The Kier molecular flexibility index (Phi) is 5.99. The van der Waals surface area contributed by atoms with Crippen molar-refractivity contribution in [1.82, 2.24) is 13.5 Å². The molecular weight excluding hydrogens is 336 g/mol. The lowest BCUT2D eigenvalue weighted by atomic mass is 10.2. The third-order valence-corrected chi connectivity index (χ3v) is 7.55. The Bertz CT molecular complexity index is 667. The van der Waals surface area contributed by atoms with Crippen LogP contribution in [0.4, 0.5) is 5.69 Å². The van der Waals surface area contributed by atoms with Crippen LogP contribution in [-0.4, -0.2) is 80.8 Å². The largest absolute Gasteiger partial charge is 0.370 e. The number of nitrogens with zero attached hydrogens (tertiary/aromatic N) is 4. The lowest BCUT2D eigenvalue weighted by Gasteiger charge is -2.37. The van der Waals surface area contributed by atoms with E-state index in [4.69, 9.17) is 0 Å². The number of hydrogen-bond acceptors (Lipinski definition) is 4. The summed E-state index contributed by atoms with van der Waals surface area (Å²) >= 11 is 0. The molecule has 0 spiro atoms. The van der Waals surface area contributed by atoms with Gasteiger partial charge in [-0.25, -0.2) is 0 Å². The van der Waals surface area contributed by atoms with Crippen LogP contribution in [0.1, 0.15) is 19.4 Å². The van der Waals surface area contributed by atoms with E-state index in [9.17, 15) is 8.42 Å². The molecule has 1 aromatic rings. The highest BCUT2D eigenvalue weighted by Gasteiger charge is 2.30. The summed E-state index contributed by atoms with van der Waals surface area (Å²) < 4.78 is 28.4. The van der Waals surface area contributed by atoms with Crippen LogP contribution < -0.4 is 4.90 Å². The van der Waals surface area contributed by atoms with Crippen LogP contribution >= 0.6 is 0 Å². The van der Waals surface area contributed by atoms with Crippen LogP contribution in [0.5, 0.6) is 0 Å². The highest BCUT2D eigenvalue weighted by atomic mass is 32.2. The second kappa shape index (κ2) is 8.03. The molecule has 0 radical (unpaired) electrons. The van der Waals surface area contributed by atoms with Gasteiger partial charge in [-0.2, -0.15) is 17.0 Å². The Morgan fingerprint density at radius 2 is 1.64 bits per heavy atom. The summed E-state index contributed by atoms with van der Waals surface area (Å²) in [6.07, 6.45) is 1.13. The van der Waals surface area contributed by atoms with Crippen molar-refractivity contribution >= 4 is 15.9 Å². The van der Waals surface area contributed by atoms with Crippen molar-refractivity contribution in [2.75, 3.05) is 63.8 Å². The molecule has 140 valence electrons. The summed E-state index contributed by atoms with van der Waals surface area (Å²) in [6, 6.07) is 8.63. The van der Waals surface area contributed by atoms with Crippen molar-refractivity contribution in [3.05, 3.63) is 29.8 Å². The average molecular weight is 367 g/mol. The molecule has 7 heteroatoms. The molecule has 2 heterocycles. The number of benzene rings is 1. The fraction of sp³-hybridized carbons (Fsp3) is 0.667. The Hall–Kier alpha value is -1.15. The predicted molar refractivity (Wildman–Crippen MR) is 102 cm³/mol. The fourth-order valence-electron chi connectivity index (χ4n) is 3.80. The smallest absolute Gasteiger partial charge is 0.282 e. The third kappa shape index (κ3) is 4.00. The van der Waals surface area contributed by atoms with Crippen LogP contribution in [0.2, 0.25) is 0 Å². The molecule has 0 aliphatic carbocycles. The first-order chi connectivity index (χ1) is 12.1. The molecule has 0 bridgehead atoms. The Labute approximate surface area is 152 Å². The number of anilines is 1. The van der Waals surface area contributed by atoms with Crippen molar-refractivity contribution in [2.45, 2.75) is 20.3 Å². The maximum absolute atomic E-state index is 12.6. The van der Waals surface area contributed by atoms with E-state index in [0.29, 0.717) is 26.2 Å². The lowest BCUT2D eigenvalue weighted by Crippen LogP contribution is -2.53. The zero-order chi connectivity index (χ0) is 17.9. The van der Waals surface area contributed by atoms with Crippen LogP contribution in [0.15, 0.2) is 24.3 Å². The van der Waals surface area contributed by atoms with Gasteiger partial charge in [0.1, 0.15) is 0 Å². The van der Waals surface area contributed by atoms with Gasteiger partial charge in [0.25, 0.3) is 10.2 Å². The van der Waals surface area contributed by atoms with Crippen molar-refractivity contribution in [2.24, 2.45) is 0 Å². The molecule has 0 aromatic heterocycles. The molecule has 1 aromatic carbocycles. The van der Waals surface area contributed by atoms with E-state index >= 15 is 0 Å². The van der Waals surface area contributed by atoms with E-state index < -0.39 is 10.2 Å². The summed E-state index contributed by atoms with van der Waals surface area (Å²) in [5.74, 6) is 0. The number of piperazine rings is 1. The molecule has 0 amide bonds. The minimum atomic E-state index is -3.29. The molecule has 0 atom stereocenters. The molecule has 0 unspecified atom stereocenters. The third-order valence-electron chi connectivity index (χ3n) is 5.36. The Morgan fingerprint density at radius 1 is 0.960 bits per heavy atom. The summed E-state index contributed by atoms with van der Waals surface area (Å²) in [5.41, 5.74) is 2.81.